The van der Waals surface area contributed by atoms with Crippen molar-refractivity contribution in [2.45, 2.75) is 0 Å². The number of fused-ring (bicyclic) bond motifs is 1. The molecule has 0 unspecified atom stereocenters. The van der Waals surface area contributed by atoms with E-state index in [0.717, 1.165) is 0 Å². The van der Waals surface area contributed by atoms with E-state index in [1.165, 1.54) is 76.2 Å². The van der Waals surface area contributed by atoms with Crippen molar-refractivity contribution in [3.63, 3.8) is 0 Å². The summed E-state index contributed by atoms with van der Waals surface area (Å²) >= 11 is 3.55. The predicted octanol–water partition coefficient (Wildman–Crippen LogP) is 14.5. The number of hydrogen-bond donors (Lipinski definition) is 0. The van der Waals surface area contributed by atoms with E-state index in [1.54, 1.807) is 22.7 Å². The van der Waals surface area contributed by atoms with Gasteiger partial charge in [-0.2, -0.15) is 0 Å². The van der Waals surface area contributed by atoms with Gasteiger partial charge in [0.2, 0.25) is 0 Å². The minimum atomic E-state index is 1.17. The highest BCUT2D eigenvalue weighted by Gasteiger charge is 2.10. The highest BCUT2D eigenvalue weighted by atomic mass is 32.1. The molecular formula is C50H36S2. The first-order valence-corrected chi connectivity index (χ1v) is 19.2. The van der Waals surface area contributed by atoms with Crippen molar-refractivity contribution in [2.75, 3.05) is 0 Å². The van der Waals surface area contributed by atoms with Gasteiger partial charge in [-0.25, -0.2) is 0 Å². The van der Waals surface area contributed by atoms with E-state index in [0.29, 0.717) is 0 Å². The molecule has 52 heavy (non-hydrogen) atoms. The Labute approximate surface area is 314 Å². The Balaban J connectivity index is 1.18. The fourth-order valence-corrected chi connectivity index (χ4v) is 8.04. The highest BCUT2D eigenvalue weighted by molar-refractivity contribution is 7.11. The van der Waals surface area contributed by atoms with Crippen LogP contribution in [0.4, 0.5) is 0 Å². The molecule has 2 heterocycles. The molecule has 2 aromatic heterocycles. The van der Waals surface area contributed by atoms with Crippen molar-refractivity contribution in [3.8, 4) is 0 Å². The fraction of sp³-hybridized carbons (Fsp3) is 0. The van der Waals surface area contributed by atoms with Gasteiger partial charge in [-0.15, -0.1) is 22.7 Å². The molecule has 0 amide bonds. The molecule has 8 aromatic rings. The van der Waals surface area contributed by atoms with Crippen LogP contribution in [-0.4, -0.2) is 0 Å². The van der Waals surface area contributed by atoms with Gasteiger partial charge < -0.3 is 0 Å². The molecule has 0 spiro atoms. The summed E-state index contributed by atoms with van der Waals surface area (Å²) in [5, 5.41) is 6.74. The average molecular weight is 701 g/mol. The van der Waals surface area contributed by atoms with Gasteiger partial charge in [0.25, 0.3) is 0 Å². The molecule has 0 nitrogen and oxygen atoms in total. The normalized spacial score (nSPS) is 12.3. The van der Waals surface area contributed by atoms with E-state index < -0.39 is 0 Å². The Morgan fingerprint density at radius 2 is 0.692 bits per heavy atom. The van der Waals surface area contributed by atoms with Crippen molar-refractivity contribution >= 4 is 81.0 Å². The zero-order valence-corrected chi connectivity index (χ0v) is 30.2. The molecule has 8 rings (SSSR count). The molecule has 0 N–H and O–H groups in total. The van der Waals surface area contributed by atoms with Gasteiger partial charge >= 0.3 is 0 Å². The van der Waals surface area contributed by atoms with Crippen LogP contribution in [0.1, 0.15) is 54.3 Å². The van der Waals surface area contributed by atoms with Crippen LogP contribution in [0.25, 0.3) is 58.4 Å². The van der Waals surface area contributed by atoms with Crippen molar-refractivity contribution in [3.05, 3.63) is 235 Å². The third-order valence-electron chi connectivity index (χ3n) is 9.17. The van der Waals surface area contributed by atoms with E-state index >= 15 is 0 Å². The molecule has 0 bridgehead atoms. The molecule has 0 aliphatic heterocycles. The van der Waals surface area contributed by atoms with Crippen molar-refractivity contribution < 1.29 is 0 Å². The third-order valence-corrected chi connectivity index (χ3v) is 11.0. The summed E-state index contributed by atoms with van der Waals surface area (Å²) in [6, 6.07) is 60.5. The maximum absolute atomic E-state index is 2.33. The Bertz CT molecular complexity index is 2350. The van der Waals surface area contributed by atoms with Gasteiger partial charge in [-0.3, -0.25) is 0 Å². The quantitative estimate of drug-likeness (QED) is 0.125. The summed E-state index contributed by atoms with van der Waals surface area (Å²) in [5.41, 5.74) is 12.0. The van der Waals surface area contributed by atoms with Crippen molar-refractivity contribution in [2.24, 2.45) is 0 Å². The number of benzene rings is 6. The van der Waals surface area contributed by atoms with Crippen LogP contribution in [0.3, 0.4) is 0 Å². The van der Waals surface area contributed by atoms with E-state index in [-0.39, 0.29) is 0 Å². The summed E-state index contributed by atoms with van der Waals surface area (Å²) in [5.74, 6) is 0. The van der Waals surface area contributed by atoms with Crippen molar-refractivity contribution in [1.82, 2.24) is 0 Å². The molecule has 2 heteroatoms. The van der Waals surface area contributed by atoms with Crippen LogP contribution in [0, 0.1) is 0 Å². The Morgan fingerprint density at radius 3 is 1.10 bits per heavy atom. The smallest absolute Gasteiger partial charge is 0.0348 e. The summed E-state index contributed by atoms with van der Waals surface area (Å²) in [4.78, 5) is 2.52. The first-order chi connectivity index (χ1) is 25.8. The van der Waals surface area contributed by atoms with Gasteiger partial charge in [-0.1, -0.05) is 170 Å². The van der Waals surface area contributed by atoms with Crippen LogP contribution >= 0.6 is 22.7 Å². The first-order valence-electron chi connectivity index (χ1n) is 17.5. The van der Waals surface area contributed by atoms with Crippen LogP contribution < -0.4 is 0 Å². The predicted molar refractivity (Wildman–Crippen MR) is 230 cm³/mol. The largest absolute Gasteiger partial charge is 0.144 e. The van der Waals surface area contributed by atoms with E-state index in [2.05, 4.69) is 217 Å². The summed E-state index contributed by atoms with van der Waals surface area (Å²) in [6.07, 6.45) is 13.7. The lowest BCUT2D eigenvalue weighted by Gasteiger charge is -2.10. The van der Waals surface area contributed by atoms with Gasteiger partial charge in [0.1, 0.15) is 0 Å². The second kappa shape index (κ2) is 15.9. The Morgan fingerprint density at radius 1 is 0.327 bits per heavy atom. The van der Waals surface area contributed by atoms with Crippen LogP contribution in [-0.2, 0) is 0 Å². The summed E-state index contributed by atoms with van der Waals surface area (Å²) in [7, 11) is 0. The zero-order chi connectivity index (χ0) is 35.0. The average Bonchev–Trinajstić information content (AvgIpc) is 3.95. The second-order valence-corrected chi connectivity index (χ2v) is 14.5. The maximum Gasteiger partial charge on any atom is 0.0348 e. The van der Waals surface area contributed by atoms with Gasteiger partial charge in [0.15, 0.2) is 0 Å². The lowest BCUT2D eigenvalue weighted by molar-refractivity contribution is 1.58. The molecule has 0 saturated carbocycles. The molecule has 248 valence electrons. The van der Waals surface area contributed by atoms with Crippen LogP contribution in [0.15, 0.2) is 181 Å². The molecule has 0 fully saturated rings. The fourth-order valence-electron chi connectivity index (χ4n) is 6.52. The number of thiophene rings is 2. The van der Waals surface area contributed by atoms with E-state index in [4.69, 9.17) is 0 Å². The summed E-state index contributed by atoms with van der Waals surface area (Å²) in [6.45, 7) is 0. The first kappa shape index (κ1) is 33.1. The molecular weight excluding hydrogens is 665 g/mol. The Hall–Kier alpha value is -6.06. The zero-order valence-electron chi connectivity index (χ0n) is 28.6. The van der Waals surface area contributed by atoms with Crippen LogP contribution in [0.5, 0.6) is 0 Å². The lowest BCUT2D eigenvalue weighted by Crippen LogP contribution is -1.88. The Kier molecular flexibility index (Phi) is 10.1. The monoisotopic (exact) mass is 700 g/mol. The SMILES string of the molecule is C(=Cc1ccccc1/C=C(\c1ccccc1)c1cccs1)c1cc2ccccc2cc1C=Cc1ccccc1/C=C(\c1ccccc1)c1cccs1. The molecule has 6 aromatic carbocycles. The molecule has 0 saturated heterocycles. The molecule has 0 aliphatic rings. The number of hydrogen-bond acceptors (Lipinski definition) is 2. The molecule has 0 aliphatic carbocycles. The van der Waals surface area contributed by atoms with Crippen molar-refractivity contribution in [1.29, 1.82) is 0 Å². The van der Waals surface area contributed by atoms with E-state index in [1.807, 2.05) is 0 Å². The van der Waals surface area contributed by atoms with Gasteiger partial charge in [0.05, 0.1) is 0 Å². The highest BCUT2D eigenvalue weighted by Crippen LogP contribution is 2.33. The standard InChI is InChI=1S/C50H36S2/c1-3-17-39(18-4-1)47(49-25-13-31-51-49)35-43-23-9-7-15-37(43)27-29-45-33-41-21-11-12-22-42(41)34-46(45)30-28-38-16-8-10-24-44(38)36-48(50-26-14-32-52-50)40-19-5-2-6-20-40/h1-36H/b29-27?,30-28?,47-35+,48-36+. The summed E-state index contributed by atoms with van der Waals surface area (Å²) < 4.78 is 0. The topological polar surface area (TPSA) is 0 Å². The molecule has 0 radical (unpaired) electrons. The maximum atomic E-state index is 2.33. The van der Waals surface area contributed by atoms with Gasteiger partial charge in [0, 0.05) is 9.75 Å². The molecule has 0 atom stereocenters. The minimum absolute atomic E-state index is 1.17. The third kappa shape index (κ3) is 7.65. The lowest BCUT2D eigenvalue weighted by atomic mass is 9.96. The van der Waals surface area contributed by atoms with Gasteiger partial charge in [-0.05, 0) is 114 Å². The number of rotatable bonds is 10. The van der Waals surface area contributed by atoms with E-state index in [9.17, 15) is 0 Å². The second-order valence-electron chi connectivity index (χ2n) is 12.6. The van der Waals surface area contributed by atoms with Crippen LogP contribution in [0.2, 0.25) is 0 Å². The minimum Gasteiger partial charge on any atom is -0.144 e.